The predicted molar refractivity (Wildman–Crippen MR) is 57.2 cm³/mol. The second-order valence-corrected chi connectivity index (χ2v) is 4.22. The zero-order valence-electron chi connectivity index (χ0n) is 7.42. The third-order valence-electron chi connectivity index (χ3n) is 1.96. The minimum atomic E-state index is -0.773. The first-order chi connectivity index (χ1) is 5.97. The molecule has 1 aromatic rings. The molecule has 0 aliphatic rings. The van der Waals surface area contributed by atoms with Gasteiger partial charge in [-0.15, -0.1) is 0 Å². The summed E-state index contributed by atoms with van der Waals surface area (Å²) in [5, 5.41) is 9.05. The summed E-state index contributed by atoms with van der Waals surface area (Å²) in [7, 11) is 0. The summed E-state index contributed by atoms with van der Waals surface area (Å²) in [5.41, 5.74) is 12.2. The molecule has 0 fully saturated rings. The second kappa shape index (κ2) is 3.65. The van der Waals surface area contributed by atoms with Gasteiger partial charge < -0.3 is 16.6 Å². The molecule has 0 amide bonds. The molecule has 0 aromatic heterocycles. The lowest BCUT2D eigenvalue weighted by Gasteiger charge is -2.23. The first kappa shape index (κ1) is 10.5. The van der Waals surface area contributed by atoms with Gasteiger partial charge >= 0.3 is 0 Å². The first-order valence-corrected chi connectivity index (χ1v) is 4.72. The van der Waals surface area contributed by atoms with Crippen LogP contribution in [0.5, 0.6) is 0 Å². The van der Waals surface area contributed by atoms with Crippen molar-refractivity contribution < 1.29 is 5.11 Å². The van der Waals surface area contributed by atoms with Crippen molar-refractivity contribution in [3.8, 4) is 0 Å². The molecule has 1 aromatic carbocycles. The van der Waals surface area contributed by atoms with Crippen molar-refractivity contribution in [1.29, 1.82) is 0 Å². The number of nitrogen functional groups attached to an aromatic ring is 1. The average Bonchev–Trinajstić information content (AvgIpc) is 2.03. The molecule has 0 bridgehead atoms. The maximum Gasteiger partial charge on any atom is 0.0651 e. The maximum atomic E-state index is 9.05. The number of anilines is 1. The van der Waals surface area contributed by atoms with E-state index in [1.165, 1.54) is 0 Å². The molecule has 4 heteroatoms. The molecule has 0 saturated heterocycles. The molecule has 1 rings (SSSR count). The normalized spacial score (nSPS) is 15.4. The quantitative estimate of drug-likeness (QED) is 0.685. The van der Waals surface area contributed by atoms with Gasteiger partial charge in [0, 0.05) is 10.2 Å². The Bertz CT molecular complexity index is 312. The Balaban J connectivity index is 3.16. The molecular formula is C9H13BrN2O. The number of aliphatic hydroxyl groups is 1. The van der Waals surface area contributed by atoms with E-state index in [1.807, 2.05) is 12.1 Å². The van der Waals surface area contributed by atoms with Gasteiger partial charge in [-0.3, -0.25) is 0 Å². The van der Waals surface area contributed by atoms with E-state index in [1.54, 1.807) is 13.0 Å². The largest absolute Gasteiger partial charge is 0.398 e. The summed E-state index contributed by atoms with van der Waals surface area (Å²) in [6.45, 7) is 1.62. The van der Waals surface area contributed by atoms with Gasteiger partial charge in [0.25, 0.3) is 0 Å². The highest BCUT2D eigenvalue weighted by Crippen LogP contribution is 2.26. The van der Waals surface area contributed by atoms with Crippen molar-refractivity contribution in [2.75, 3.05) is 12.3 Å². The molecule has 0 saturated carbocycles. The Morgan fingerprint density at radius 2 is 2.15 bits per heavy atom. The van der Waals surface area contributed by atoms with Crippen molar-refractivity contribution in [3.05, 3.63) is 28.2 Å². The molecule has 0 unspecified atom stereocenters. The van der Waals surface area contributed by atoms with Gasteiger partial charge in [0.15, 0.2) is 0 Å². The Kier molecular flexibility index (Phi) is 2.95. The van der Waals surface area contributed by atoms with Crippen LogP contribution in [0.25, 0.3) is 0 Å². The number of aliphatic hydroxyl groups excluding tert-OH is 1. The molecule has 0 aliphatic heterocycles. The van der Waals surface area contributed by atoms with E-state index in [4.69, 9.17) is 16.6 Å². The van der Waals surface area contributed by atoms with E-state index in [9.17, 15) is 0 Å². The lowest BCUT2D eigenvalue weighted by atomic mass is 9.93. The van der Waals surface area contributed by atoms with Gasteiger partial charge in [-0.05, 0) is 24.6 Å². The minimum absolute atomic E-state index is 0.126. The average molecular weight is 245 g/mol. The molecular weight excluding hydrogens is 232 g/mol. The fourth-order valence-corrected chi connectivity index (χ4v) is 1.52. The van der Waals surface area contributed by atoms with Crippen molar-refractivity contribution in [2.45, 2.75) is 12.5 Å². The number of hydrogen-bond donors (Lipinski definition) is 3. The molecule has 3 nitrogen and oxygen atoms in total. The molecule has 5 N–H and O–H groups in total. The van der Waals surface area contributed by atoms with E-state index in [-0.39, 0.29) is 6.61 Å². The monoisotopic (exact) mass is 244 g/mol. The Morgan fingerprint density at radius 3 is 2.62 bits per heavy atom. The maximum absolute atomic E-state index is 9.05. The Hall–Kier alpha value is -0.580. The SMILES string of the molecule is C[C@](N)(CO)c1ccc(Br)cc1N. The fraction of sp³-hybridized carbons (Fsp3) is 0.333. The van der Waals surface area contributed by atoms with Gasteiger partial charge in [0.1, 0.15) is 0 Å². The highest BCUT2D eigenvalue weighted by atomic mass is 79.9. The second-order valence-electron chi connectivity index (χ2n) is 3.31. The number of nitrogens with two attached hydrogens (primary N) is 2. The molecule has 72 valence electrons. The van der Waals surface area contributed by atoms with E-state index >= 15 is 0 Å². The van der Waals surface area contributed by atoms with E-state index < -0.39 is 5.54 Å². The van der Waals surface area contributed by atoms with Crippen LogP contribution in [0.3, 0.4) is 0 Å². The number of rotatable bonds is 2. The van der Waals surface area contributed by atoms with Crippen LogP contribution in [-0.2, 0) is 5.54 Å². The summed E-state index contributed by atoms with van der Waals surface area (Å²) >= 11 is 3.30. The van der Waals surface area contributed by atoms with Crippen LogP contribution in [0.4, 0.5) is 5.69 Å². The van der Waals surface area contributed by atoms with E-state index in [2.05, 4.69) is 15.9 Å². The molecule has 0 heterocycles. The lowest BCUT2D eigenvalue weighted by molar-refractivity contribution is 0.210. The zero-order chi connectivity index (χ0) is 10.1. The standard InChI is InChI=1S/C9H13BrN2O/c1-9(12,5-13)7-3-2-6(10)4-8(7)11/h2-4,13H,5,11-12H2,1H3/t9-/m0/s1. The van der Waals surface area contributed by atoms with Crippen LogP contribution in [0.1, 0.15) is 12.5 Å². The molecule has 0 radical (unpaired) electrons. The third kappa shape index (κ3) is 2.21. The zero-order valence-corrected chi connectivity index (χ0v) is 9.01. The minimum Gasteiger partial charge on any atom is -0.398 e. The fourth-order valence-electron chi connectivity index (χ4n) is 1.14. The van der Waals surface area contributed by atoms with Gasteiger partial charge in [-0.25, -0.2) is 0 Å². The highest BCUT2D eigenvalue weighted by molar-refractivity contribution is 9.10. The predicted octanol–water partition coefficient (Wildman–Crippen LogP) is 1.20. The molecule has 1 atom stereocenters. The van der Waals surface area contributed by atoms with Crippen LogP contribution in [0.15, 0.2) is 22.7 Å². The number of halogens is 1. The van der Waals surface area contributed by atoms with Crippen LogP contribution in [0.2, 0.25) is 0 Å². The summed E-state index contributed by atoms with van der Waals surface area (Å²) in [5.74, 6) is 0. The van der Waals surface area contributed by atoms with Crippen LogP contribution >= 0.6 is 15.9 Å². The smallest absolute Gasteiger partial charge is 0.0651 e. The first-order valence-electron chi connectivity index (χ1n) is 3.92. The van der Waals surface area contributed by atoms with Crippen molar-refractivity contribution in [2.24, 2.45) is 5.73 Å². The Morgan fingerprint density at radius 1 is 1.54 bits per heavy atom. The summed E-state index contributed by atoms with van der Waals surface area (Å²) in [6.07, 6.45) is 0. The van der Waals surface area contributed by atoms with E-state index in [0.717, 1.165) is 10.0 Å². The van der Waals surface area contributed by atoms with Gasteiger partial charge in [-0.1, -0.05) is 22.0 Å². The Labute approximate surface area is 85.9 Å². The van der Waals surface area contributed by atoms with Crippen molar-refractivity contribution in [1.82, 2.24) is 0 Å². The van der Waals surface area contributed by atoms with Gasteiger partial charge in [-0.2, -0.15) is 0 Å². The van der Waals surface area contributed by atoms with Crippen molar-refractivity contribution >= 4 is 21.6 Å². The highest BCUT2D eigenvalue weighted by Gasteiger charge is 2.22. The van der Waals surface area contributed by atoms with Gasteiger partial charge in [0.05, 0.1) is 12.1 Å². The number of benzene rings is 1. The molecule has 0 spiro atoms. The van der Waals surface area contributed by atoms with Gasteiger partial charge in [0.2, 0.25) is 0 Å². The third-order valence-corrected chi connectivity index (χ3v) is 2.45. The summed E-state index contributed by atoms with van der Waals surface area (Å²) < 4.78 is 0.905. The topological polar surface area (TPSA) is 72.3 Å². The lowest BCUT2D eigenvalue weighted by Crippen LogP contribution is -2.37. The van der Waals surface area contributed by atoms with Crippen LogP contribution in [0, 0.1) is 0 Å². The van der Waals surface area contributed by atoms with E-state index in [0.29, 0.717) is 5.69 Å². The van der Waals surface area contributed by atoms with Crippen molar-refractivity contribution in [3.63, 3.8) is 0 Å². The molecule has 0 aliphatic carbocycles. The van der Waals surface area contributed by atoms with Crippen LogP contribution < -0.4 is 11.5 Å². The summed E-state index contributed by atoms with van der Waals surface area (Å²) in [4.78, 5) is 0. The molecule has 13 heavy (non-hydrogen) atoms. The van der Waals surface area contributed by atoms with Crippen LogP contribution in [-0.4, -0.2) is 11.7 Å². The summed E-state index contributed by atoms with van der Waals surface area (Å²) in [6, 6.07) is 5.44. The number of hydrogen-bond acceptors (Lipinski definition) is 3.